The van der Waals surface area contributed by atoms with Crippen LogP contribution in [0.4, 0.5) is 0 Å². The maximum atomic E-state index is 12.9. The number of aromatic nitrogens is 3. The number of piperidine rings is 1. The molecule has 2 aliphatic rings. The van der Waals surface area contributed by atoms with Crippen LogP contribution in [-0.2, 0) is 16.0 Å². The molecule has 0 radical (unpaired) electrons. The van der Waals surface area contributed by atoms with Crippen molar-refractivity contribution in [2.45, 2.75) is 52.4 Å². The van der Waals surface area contributed by atoms with Crippen LogP contribution in [0.2, 0.25) is 0 Å². The first-order valence-electron chi connectivity index (χ1n) is 8.99. The Balaban J connectivity index is 1.57. The molecule has 3 rings (SSSR count). The lowest BCUT2D eigenvalue weighted by Gasteiger charge is -2.39. The van der Waals surface area contributed by atoms with Gasteiger partial charge in [0.2, 0.25) is 11.8 Å². The summed E-state index contributed by atoms with van der Waals surface area (Å²) < 4.78 is 0. The molecule has 1 spiro atoms. The molecular formula is C17H27N5O2. The molecule has 1 atom stereocenters. The van der Waals surface area contributed by atoms with E-state index in [9.17, 15) is 9.59 Å². The van der Waals surface area contributed by atoms with Crippen molar-refractivity contribution in [1.82, 2.24) is 25.0 Å². The SMILES string of the molecule is CCCN1CCC[C@]2(CCN(C(=O)CCc3n[nH]c(C)n3)C2)C1=O. The summed E-state index contributed by atoms with van der Waals surface area (Å²) in [5.74, 6) is 1.81. The van der Waals surface area contributed by atoms with Crippen molar-refractivity contribution in [1.29, 1.82) is 0 Å². The number of nitrogens with zero attached hydrogens (tertiary/aromatic N) is 4. The van der Waals surface area contributed by atoms with Crippen LogP contribution in [-0.4, -0.2) is 63.0 Å². The zero-order valence-corrected chi connectivity index (χ0v) is 14.7. The van der Waals surface area contributed by atoms with Gasteiger partial charge in [0.25, 0.3) is 0 Å². The minimum absolute atomic E-state index is 0.106. The van der Waals surface area contributed by atoms with Gasteiger partial charge in [-0.1, -0.05) is 6.92 Å². The van der Waals surface area contributed by atoms with Gasteiger partial charge in [-0.15, -0.1) is 0 Å². The summed E-state index contributed by atoms with van der Waals surface area (Å²) in [6.45, 7) is 6.92. The highest BCUT2D eigenvalue weighted by Gasteiger charge is 2.48. The summed E-state index contributed by atoms with van der Waals surface area (Å²) >= 11 is 0. The predicted octanol–water partition coefficient (Wildman–Crippen LogP) is 1.30. The van der Waals surface area contributed by atoms with E-state index in [1.807, 2.05) is 16.7 Å². The lowest BCUT2D eigenvalue weighted by molar-refractivity contribution is -0.146. The van der Waals surface area contributed by atoms with Crippen LogP contribution < -0.4 is 0 Å². The summed E-state index contributed by atoms with van der Waals surface area (Å²) in [5.41, 5.74) is -0.329. The fourth-order valence-electron chi connectivity index (χ4n) is 3.98. The van der Waals surface area contributed by atoms with E-state index in [0.29, 0.717) is 31.8 Å². The van der Waals surface area contributed by atoms with E-state index in [-0.39, 0.29) is 17.2 Å². The van der Waals surface area contributed by atoms with Gasteiger partial charge in [-0.2, -0.15) is 5.10 Å². The Hall–Kier alpha value is -1.92. The van der Waals surface area contributed by atoms with E-state index in [4.69, 9.17) is 0 Å². The van der Waals surface area contributed by atoms with Crippen molar-refractivity contribution in [3.8, 4) is 0 Å². The van der Waals surface area contributed by atoms with Gasteiger partial charge in [0.05, 0.1) is 5.41 Å². The van der Waals surface area contributed by atoms with Crippen LogP contribution in [0.5, 0.6) is 0 Å². The first-order chi connectivity index (χ1) is 11.5. The fraction of sp³-hybridized carbons (Fsp3) is 0.765. The van der Waals surface area contributed by atoms with E-state index in [2.05, 4.69) is 22.1 Å². The maximum absolute atomic E-state index is 12.9. The number of rotatable bonds is 5. The van der Waals surface area contributed by atoms with Crippen molar-refractivity contribution in [2.24, 2.45) is 5.41 Å². The molecule has 2 amide bonds. The lowest BCUT2D eigenvalue weighted by atomic mass is 9.78. The maximum Gasteiger partial charge on any atom is 0.230 e. The minimum Gasteiger partial charge on any atom is -0.342 e. The number of carbonyl (C=O) groups is 2. The second kappa shape index (κ2) is 6.91. The fourth-order valence-corrected chi connectivity index (χ4v) is 3.98. The molecule has 1 N–H and O–H groups in total. The highest BCUT2D eigenvalue weighted by Crippen LogP contribution is 2.40. The van der Waals surface area contributed by atoms with E-state index >= 15 is 0 Å². The number of likely N-dealkylation sites (tertiary alicyclic amines) is 2. The molecule has 2 saturated heterocycles. The Bertz CT molecular complexity index is 612. The van der Waals surface area contributed by atoms with Gasteiger partial charge in [-0.05, 0) is 32.6 Å². The minimum atomic E-state index is -0.329. The molecule has 7 heteroatoms. The average molecular weight is 333 g/mol. The van der Waals surface area contributed by atoms with Crippen molar-refractivity contribution in [3.63, 3.8) is 0 Å². The normalized spacial score (nSPS) is 24.2. The second-order valence-corrected chi connectivity index (χ2v) is 7.08. The van der Waals surface area contributed by atoms with Gasteiger partial charge in [0.15, 0.2) is 5.82 Å². The largest absolute Gasteiger partial charge is 0.342 e. The standard InChI is InChI=1S/C17H27N5O2/c1-3-9-21-10-4-7-17(16(21)24)8-11-22(12-17)15(23)6-5-14-18-13(2)19-20-14/h3-12H2,1-2H3,(H,18,19,20)/t17-/m1/s1. The Labute approximate surface area is 142 Å². The summed E-state index contributed by atoms with van der Waals surface area (Å²) in [6, 6.07) is 0. The zero-order chi connectivity index (χ0) is 17.2. The van der Waals surface area contributed by atoms with Crippen molar-refractivity contribution in [3.05, 3.63) is 11.6 Å². The van der Waals surface area contributed by atoms with E-state index in [1.54, 1.807) is 0 Å². The average Bonchev–Trinajstić information content (AvgIpc) is 3.17. The third-order valence-electron chi connectivity index (χ3n) is 5.23. The Morgan fingerprint density at radius 3 is 2.88 bits per heavy atom. The number of hydrogen-bond donors (Lipinski definition) is 1. The van der Waals surface area contributed by atoms with Crippen LogP contribution in [0, 0.1) is 12.3 Å². The second-order valence-electron chi connectivity index (χ2n) is 7.08. The van der Waals surface area contributed by atoms with Gasteiger partial charge in [-0.25, -0.2) is 4.98 Å². The number of nitrogens with one attached hydrogen (secondary N) is 1. The quantitative estimate of drug-likeness (QED) is 0.880. The van der Waals surface area contributed by atoms with Gasteiger partial charge < -0.3 is 9.80 Å². The summed E-state index contributed by atoms with van der Waals surface area (Å²) in [7, 11) is 0. The molecule has 3 heterocycles. The molecule has 0 aromatic carbocycles. The van der Waals surface area contributed by atoms with Crippen LogP contribution in [0.1, 0.15) is 50.7 Å². The van der Waals surface area contributed by atoms with Crippen molar-refractivity contribution < 1.29 is 9.59 Å². The third kappa shape index (κ3) is 3.30. The summed E-state index contributed by atoms with van der Waals surface area (Å²) in [5, 5.41) is 6.87. The van der Waals surface area contributed by atoms with Gasteiger partial charge >= 0.3 is 0 Å². The molecule has 2 fully saturated rings. The molecule has 7 nitrogen and oxygen atoms in total. The zero-order valence-electron chi connectivity index (χ0n) is 14.7. The molecule has 1 aromatic rings. The third-order valence-corrected chi connectivity index (χ3v) is 5.23. The molecule has 0 aliphatic carbocycles. The smallest absolute Gasteiger partial charge is 0.230 e. The number of aryl methyl sites for hydroxylation is 2. The molecule has 0 bridgehead atoms. The van der Waals surface area contributed by atoms with Crippen molar-refractivity contribution >= 4 is 11.8 Å². The lowest BCUT2D eigenvalue weighted by Crippen LogP contribution is -2.50. The Morgan fingerprint density at radius 1 is 1.33 bits per heavy atom. The van der Waals surface area contributed by atoms with Gasteiger partial charge in [0.1, 0.15) is 5.82 Å². The van der Waals surface area contributed by atoms with Gasteiger partial charge in [-0.3, -0.25) is 14.7 Å². The number of aromatic amines is 1. The molecule has 132 valence electrons. The highest BCUT2D eigenvalue weighted by atomic mass is 16.2. The molecule has 0 unspecified atom stereocenters. The molecule has 1 aromatic heterocycles. The van der Waals surface area contributed by atoms with Crippen LogP contribution in [0.3, 0.4) is 0 Å². The Kier molecular flexibility index (Phi) is 4.87. The van der Waals surface area contributed by atoms with Crippen LogP contribution in [0.25, 0.3) is 0 Å². The number of carbonyl (C=O) groups excluding carboxylic acids is 2. The number of amides is 2. The van der Waals surface area contributed by atoms with E-state index < -0.39 is 0 Å². The topological polar surface area (TPSA) is 82.2 Å². The molecule has 0 saturated carbocycles. The monoisotopic (exact) mass is 333 g/mol. The highest BCUT2D eigenvalue weighted by molar-refractivity contribution is 5.86. The van der Waals surface area contributed by atoms with Gasteiger partial charge in [0, 0.05) is 39.0 Å². The molecule has 24 heavy (non-hydrogen) atoms. The number of H-pyrrole nitrogens is 1. The molecular weight excluding hydrogens is 306 g/mol. The summed E-state index contributed by atoms with van der Waals surface area (Å²) in [6.07, 6.45) is 4.70. The van der Waals surface area contributed by atoms with Crippen LogP contribution >= 0.6 is 0 Å². The first-order valence-corrected chi connectivity index (χ1v) is 8.99. The van der Waals surface area contributed by atoms with E-state index in [0.717, 1.165) is 44.6 Å². The molecule has 2 aliphatic heterocycles. The Morgan fingerprint density at radius 2 is 2.17 bits per heavy atom. The van der Waals surface area contributed by atoms with Crippen molar-refractivity contribution in [2.75, 3.05) is 26.2 Å². The van der Waals surface area contributed by atoms with E-state index in [1.165, 1.54) is 0 Å². The summed E-state index contributed by atoms with van der Waals surface area (Å²) in [4.78, 5) is 33.5. The van der Waals surface area contributed by atoms with Crippen LogP contribution in [0.15, 0.2) is 0 Å². The predicted molar refractivity (Wildman–Crippen MR) is 89.2 cm³/mol. The first kappa shape index (κ1) is 16.9. The number of hydrogen-bond acceptors (Lipinski definition) is 4.